The first-order chi connectivity index (χ1) is 8.90. The van der Waals surface area contributed by atoms with E-state index < -0.39 is 0 Å². The third kappa shape index (κ3) is 1.60. The third-order valence-corrected chi connectivity index (χ3v) is 4.36. The zero-order chi connectivity index (χ0) is 11.9. The number of aromatic nitrogens is 1. The molecule has 3 fully saturated rings. The van der Waals surface area contributed by atoms with Crippen molar-refractivity contribution in [3.63, 3.8) is 0 Å². The first-order valence-electron chi connectivity index (χ1n) is 6.73. The van der Waals surface area contributed by atoms with Gasteiger partial charge in [-0.15, -0.1) is 0 Å². The number of hydrogen-bond acceptors (Lipinski definition) is 4. The molecule has 3 aliphatic heterocycles. The second-order valence-electron chi connectivity index (χ2n) is 5.42. The van der Waals surface area contributed by atoms with Gasteiger partial charge < -0.3 is 14.7 Å². The summed E-state index contributed by atoms with van der Waals surface area (Å²) in [6.45, 7) is 3.68. The van der Waals surface area contributed by atoms with Gasteiger partial charge in [-0.1, -0.05) is 17.3 Å². The van der Waals surface area contributed by atoms with Crippen molar-refractivity contribution in [2.75, 3.05) is 25.0 Å². The van der Waals surface area contributed by atoms with Crippen molar-refractivity contribution >= 4 is 16.8 Å². The second-order valence-corrected chi connectivity index (χ2v) is 5.42. The Bertz CT molecular complexity index is 557. The van der Waals surface area contributed by atoms with Gasteiger partial charge in [0, 0.05) is 12.6 Å². The SMILES string of the molecule is c1ccc2c(N[C@@H]3CN4CCC3CC4)noc2c1. The molecule has 0 unspecified atom stereocenters. The van der Waals surface area contributed by atoms with Gasteiger partial charge >= 0.3 is 0 Å². The van der Waals surface area contributed by atoms with Crippen LogP contribution in [-0.2, 0) is 0 Å². The molecule has 2 bridgehead atoms. The zero-order valence-electron chi connectivity index (χ0n) is 10.3. The van der Waals surface area contributed by atoms with Crippen LogP contribution in [0.1, 0.15) is 12.8 Å². The summed E-state index contributed by atoms with van der Waals surface area (Å²) >= 11 is 0. The van der Waals surface area contributed by atoms with Crippen LogP contribution in [0.25, 0.3) is 11.0 Å². The van der Waals surface area contributed by atoms with Crippen LogP contribution in [0, 0.1) is 5.92 Å². The second kappa shape index (κ2) is 3.99. The quantitative estimate of drug-likeness (QED) is 0.879. The molecule has 0 aliphatic carbocycles. The van der Waals surface area contributed by atoms with Gasteiger partial charge in [-0.3, -0.25) is 0 Å². The molecule has 1 atom stereocenters. The van der Waals surface area contributed by atoms with Crippen molar-refractivity contribution in [2.45, 2.75) is 18.9 Å². The lowest BCUT2D eigenvalue weighted by molar-refractivity contribution is 0.0973. The molecule has 1 aromatic heterocycles. The Morgan fingerprint density at radius 1 is 1.22 bits per heavy atom. The zero-order valence-corrected chi connectivity index (χ0v) is 10.3. The molecule has 0 saturated carbocycles. The molecule has 94 valence electrons. The minimum absolute atomic E-state index is 0.529. The molecule has 5 rings (SSSR count). The van der Waals surface area contributed by atoms with E-state index in [9.17, 15) is 0 Å². The summed E-state index contributed by atoms with van der Waals surface area (Å²) in [6.07, 6.45) is 2.63. The van der Waals surface area contributed by atoms with Crippen molar-refractivity contribution in [1.29, 1.82) is 0 Å². The molecule has 0 spiro atoms. The lowest BCUT2D eigenvalue weighted by Gasteiger charge is -2.44. The lowest BCUT2D eigenvalue weighted by Crippen LogP contribution is -2.53. The maximum absolute atomic E-state index is 5.34. The van der Waals surface area contributed by atoms with E-state index >= 15 is 0 Å². The van der Waals surface area contributed by atoms with Crippen molar-refractivity contribution in [3.8, 4) is 0 Å². The summed E-state index contributed by atoms with van der Waals surface area (Å²) in [5, 5.41) is 8.85. The first kappa shape index (κ1) is 10.4. The fraction of sp³-hybridized carbons (Fsp3) is 0.500. The molecule has 1 aromatic carbocycles. The number of nitrogens with one attached hydrogen (secondary N) is 1. The largest absolute Gasteiger partial charge is 0.362 e. The average Bonchev–Trinajstić information content (AvgIpc) is 2.84. The molecule has 3 aliphatic rings. The molecule has 0 amide bonds. The van der Waals surface area contributed by atoms with Crippen molar-refractivity contribution in [2.24, 2.45) is 5.92 Å². The summed E-state index contributed by atoms with van der Waals surface area (Å²) in [7, 11) is 0. The van der Waals surface area contributed by atoms with E-state index in [1.54, 1.807) is 0 Å². The van der Waals surface area contributed by atoms with Crippen LogP contribution in [-0.4, -0.2) is 35.7 Å². The van der Waals surface area contributed by atoms with Crippen LogP contribution in [0.2, 0.25) is 0 Å². The predicted molar refractivity (Wildman–Crippen MR) is 70.6 cm³/mol. The lowest BCUT2D eigenvalue weighted by atomic mass is 9.84. The average molecular weight is 243 g/mol. The van der Waals surface area contributed by atoms with Crippen LogP contribution in [0.15, 0.2) is 28.8 Å². The van der Waals surface area contributed by atoms with Crippen molar-refractivity contribution in [1.82, 2.24) is 10.1 Å². The molecular weight excluding hydrogens is 226 g/mol. The third-order valence-electron chi connectivity index (χ3n) is 4.36. The number of para-hydroxylation sites is 1. The summed E-state index contributed by atoms with van der Waals surface area (Å²) in [5.74, 6) is 1.70. The maximum atomic E-state index is 5.34. The van der Waals surface area contributed by atoms with E-state index in [1.165, 1.54) is 25.9 Å². The molecule has 2 aromatic rings. The van der Waals surface area contributed by atoms with Crippen molar-refractivity contribution in [3.05, 3.63) is 24.3 Å². The maximum Gasteiger partial charge on any atom is 0.177 e. The first-order valence-corrected chi connectivity index (χ1v) is 6.73. The molecule has 4 heterocycles. The highest BCUT2D eigenvalue weighted by molar-refractivity contribution is 5.87. The molecule has 4 heteroatoms. The normalized spacial score (nSPS) is 30.8. The fourth-order valence-corrected chi connectivity index (χ4v) is 3.29. The van der Waals surface area contributed by atoms with Crippen LogP contribution >= 0.6 is 0 Å². The number of anilines is 1. The Morgan fingerprint density at radius 2 is 2.06 bits per heavy atom. The van der Waals surface area contributed by atoms with Crippen LogP contribution < -0.4 is 5.32 Å². The molecular formula is C14H17N3O. The van der Waals surface area contributed by atoms with E-state index in [4.69, 9.17) is 4.52 Å². The van der Waals surface area contributed by atoms with Crippen molar-refractivity contribution < 1.29 is 4.52 Å². The highest BCUT2D eigenvalue weighted by atomic mass is 16.5. The van der Waals surface area contributed by atoms with Gasteiger partial charge in [0.15, 0.2) is 11.4 Å². The summed E-state index contributed by atoms with van der Waals surface area (Å²) in [4.78, 5) is 2.54. The summed E-state index contributed by atoms with van der Waals surface area (Å²) in [6, 6.07) is 8.56. The van der Waals surface area contributed by atoms with E-state index in [0.29, 0.717) is 6.04 Å². The Balaban J connectivity index is 1.61. The standard InChI is InChI=1S/C14H17N3O/c1-2-4-13-11(3-1)14(16-18-13)15-12-9-17-7-5-10(12)6-8-17/h1-4,10,12H,5-9H2,(H,15,16)/t12-/m1/s1. The van der Waals surface area contributed by atoms with Gasteiger partial charge in [-0.2, -0.15) is 0 Å². The number of hydrogen-bond donors (Lipinski definition) is 1. The van der Waals surface area contributed by atoms with Gasteiger partial charge in [-0.25, -0.2) is 0 Å². The Morgan fingerprint density at radius 3 is 2.83 bits per heavy atom. The fourth-order valence-electron chi connectivity index (χ4n) is 3.29. The number of nitrogens with zero attached hydrogens (tertiary/aromatic N) is 2. The van der Waals surface area contributed by atoms with E-state index in [2.05, 4.69) is 21.4 Å². The molecule has 4 nitrogen and oxygen atoms in total. The number of rotatable bonds is 2. The summed E-state index contributed by atoms with van der Waals surface area (Å²) < 4.78 is 5.34. The predicted octanol–water partition coefficient (Wildman–Crippen LogP) is 2.33. The van der Waals surface area contributed by atoms with E-state index in [1.807, 2.05) is 18.2 Å². The number of fused-ring (bicyclic) bond motifs is 4. The van der Waals surface area contributed by atoms with Gasteiger partial charge in [0.25, 0.3) is 0 Å². The monoisotopic (exact) mass is 243 g/mol. The Labute approximate surface area is 106 Å². The van der Waals surface area contributed by atoms with Gasteiger partial charge in [-0.05, 0) is 44.0 Å². The highest BCUT2D eigenvalue weighted by Crippen LogP contribution is 2.31. The van der Waals surface area contributed by atoms with Gasteiger partial charge in [0.2, 0.25) is 0 Å². The van der Waals surface area contributed by atoms with Gasteiger partial charge in [0.1, 0.15) is 0 Å². The Hall–Kier alpha value is -1.55. The minimum Gasteiger partial charge on any atom is -0.362 e. The number of piperidine rings is 3. The Kier molecular flexibility index (Phi) is 2.30. The van der Waals surface area contributed by atoms with E-state index in [-0.39, 0.29) is 0 Å². The highest BCUT2D eigenvalue weighted by Gasteiger charge is 2.34. The molecule has 0 radical (unpaired) electrons. The van der Waals surface area contributed by atoms with Crippen LogP contribution in [0.4, 0.5) is 5.82 Å². The molecule has 3 saturated heterocycles. The summed E-state index contributed by atoms with van der Waals surface area (Å²) in [5.41, 5.74) is 0.862. The molecule has 18 heavy (non-hydrogen) atoms. The topological polar surface area (TPSA) is 41.3 Å². The molecule has 1 N–H and O–H groups in total. The smallest absolute Gasteiger partial charge is 0.177 e. The minimum atomic E-state index is 0.529. The van der Waals surface area contributed by atoms with Gasteiger partial charge in [0.05, 0.1) is 5.39 Å². The van der Waals surface area contributed by atoms with Crippen LogP contribution in [0.3, 0.4) is 0 Å². The number of benzene rings is 1. The van der Waals surface area contributed by atoms with E-state index in [0.717, 1.165) is 29.2 Å². The van der Waals surface area contributed by atoms with Crippen LogP contribution in [0.5, 0.6) is 0 Å².